The number of halogens is 1. The zero-order valence-corrected chi connectivity index (χ0v) is 20.7. The summed E-state index contributed by atoms with van der Waals surface area (Å²) >= 11 is 6.10. The Bertz CT molecular complexity index is 935. The van der Waals surface area contributed by atoms with E-state index in [1.165, 1.54) is 11.3 Å². The van der Waals surface area contributed by atoms with E-state index >= 15 is 0 Å². The number of carbonyl (C=O) groups excluding carboxylic acids is 4. The average molecular weight is 504 g/mol. The summed E-state index contributed by atoms with van der Waals surface area (Å²) in [5, 5.41) is 6.20. The first-order valence-electron chi connectivity index (χ1n) is 12.7. The van der Waals surface area contributed by atoms with Crippen molar-refractivity contribution in [2.24, 2.45) is 11.8 Å². The molecule has 3 aliphatic rings. The number of nitrogens with zero attached hydrogens (tertiary/aromatic N) is 1. The molecule has 2 N–H and O–H groups in total. The second-order valence-corrected chi connectivity index (χ2v) is 10.4. The maximum Gasteiger partial charge on any atom is 0.410 e. The van der Waals surface area contributed by atoms with Gasteiger partial charge in [0.15, 0.2) is 0 Å². The molecule has 1 aromatic rings. The molecule has 1 saturated carbocycles. The Labute approximate surface area is 211 Å². The van der Waals surface area contributed by atoms with Gasteiger partial charge in [0.2, 0.25) is 11.8 Å². The SMILES string of the molecule is O=C[C@H](C[C@@H]1CCNC1=O)NC(=O)[C@H](CC1CCCCC1)N1CC(Cc2cccc(Cl)c2)OC1=O. The van der Waals surface area contributed by atoms with Gasteiger partial charge in [-0.25, -0.2) is 4.79 Å². The van der Waals surface area contributed by atoms with E-state index in [1.54, 1.807) is 6.07 Å². The summed E-state index contributed by atoms with van der Waals surface area (Å²) in [7, 11) is 0. The number of amides is 3. The number of hydrogen-bond donors (Lipinski definition) is 2. The maximum absolute atomic E-state index is 13.4. The molecule has 1 aliphatic carbocycles. The smallest absolute Gasteiger partial charge is 0.410 e. The van der Waals surface area contributed by atoms with Crippen LogP contribution in [0.25, 0.3) is 0 Å². The van der Waals surface area contributed by atoms with Gasteiger partial charge in [0, 0.05) is 23.9 Å². The van der Waals surface area contributed by atoms with Crippen LogP contribution in [0, 0.1) is 11.8 Å². The van der Waals surface area contributed by atoms with Crippen molar-refractivity contribution in [2.75, 3.05) is 13.1 Å². The molecule has 0 aromatic heterocycles. The number of rotatable bonds is 10. The van der Waals surface area contributed by atoms with Gasteiger partial charge in [-0.05, 0) is 42.9 Å². The number of aldehydes is 1. The summed E-state index contributed by atoms with van der Waals surface area (Å²) in [6.45, 7) is 0.883. The number of hydrogen-bond acceptors (Lipinski definition) is 5. The van der Waals surface area contributed by atoms with Gasteiger partial charge in [-0.1, -0.05) is 55.8 Å². The zero-order valence-electron chi connectivity index (χ0n) is 19.9. The lowest BCUT2D eigenvalue weighted by Crippen LogP contribution is -2.52. The van der Waals surface area contributed by atoms with E-state index in [9.17, 15) is 19.2 Å². The molecule has 0 radical (unpaired) electrons. The lowest BCUT2D eigenvalue weighted by atomic mass is 9.84. The first-order valence-corrected chi connectivity index (χ1v) is 13.1. The molecule has 2 aliphatic heterocycles. The van der Waals surface area contributed by atoms with Crippen molar-refractivity contribution in [1.82, 2.24) is 15.5 Å². The molecule has 2 saturated heterocycles. The Hall–Kier alpha value is -2.61. The number of ether oxygens (including phenoxy) is 1. The lowest BCUT2D eigenvalue weighted by Gasteiger charge is -2.31. The summed E-state index contributed by atoms with van der Waals surface area (Å²) in [5.41, 5.74) is 0.960. The Morgan fingerprint density at radius 2 is 2.00 bits per heavy atom. The molecule has 8 nitrogen and oxygen atoms in total. The van der Waals surface area contributed by atoms with Crippen LogP contribution in [0.4, 0.5) is 4.79 Å². The highest BCUT2D eigenvalue weighted by Gasteiger charge is 2.41. The molecule has 35 heavy (non-hydrogen) atoms. The Balaban J connectivity index is 1.44. The number of benzene rings is 1. The summed E-state index contributed by atoms with van der Waals surface area (Å²) in [6.07, 6.45) is 7.24. The van der Waals surface area contributed by atoms with E-state index in [4.69, 9.17) is 16.3 Å². The molecule has 4 atom stereocenters. The largest absolute Gasteiger partial charge is 0.444 e. The van der Waals surface area contributed by atoms with E-state index < -0.39 is 18.2 Å². The van der Waals surface area contributed by atoms with E-state index in [0.29, 0.717) is 49.6 Å². The van der Waals surface area contributed by atoms with Crippen LogP contribution in [0.5, 0.6) is 0 Å². The summed E-state index contributed by atoms with van der Waals surface area (Å²) in [4.78, 5) is 51.5. The molecule has 1 unspecified atom stereocenters. The van der Waals surface area contributed by atoms with Gasteiger partial charge in [0.1, 0.15) is 18.4 Å². The standard InChI is InChI=1S/C26H34ClN3O5/c27-20-8-4-7-18(11-20)12-22-15-30(26(34)35-22)23(13-17-5-2-1-3-6-17)25(33)29-21(16-31)14-19-9-10-28-24(19)32/h4,7-8,11,16-17,19,21-23H,1-3,5-6,9-10,12-15H2,(H,28,32)(H,29,33)/t19-,21-,22?,23-/m0/s1. The molecule has 3 amide bonds. The third-order valence-electron chi connectivity index (χ3n) is 7.41. The topological polar surface area (TPSA) is 105 Å². The molecule has 3 fully saturated rings. The molecule has 190 valence electrons. The fourth-order valence-electron chi connectivity index (χ4n) is 5.55. The maximum atomic E-state index is 13.4. The second kappa shape index (κ2) is 11.9. The van der Waals surface area contributed by atoms with Gasteiger partial charge in [-0.2, -0.15) is 0 Å². The quantitative estimate of drug-likeness (QED) is 0.477. The Kier molecular flexibility index (Phi) is 8.65. The van der Waals surface area contributed by atoms with E-state index in [1.807, 2.05) is 18.2 Å². The highest BCUT2D eigenvalue weighted by atomic mass is 35.5. The highest BCUT2D eigenvalue weighted by molar-refractivity contribution is 6.30. The number of nitrogens with one attached hydrogen (secondary N) is 2. The molecule has 2 heterocycles. The number of cyclic esters (lactones) is 1. The summed E-state index contributed by atoms with van der Waals surface area (Å²) < 4.78 is 5.63. The van der Waals surface area contributed by atoms with Crippen molar-refractivity contribution in [3.05, 3.63) is 34.9 Å². The molecule has 4 rings (SSSR count). The molecular formula is C26H34ClN3O5. The predicted molar refractivity (Wildman–Crippen MR) is 131 cm³/mol. The van der Waals surface area contributed by atoms with Crippen LogP contribution in [0.3, 0.4) is 0 Å². The monoisotopic (exact) mass is 503 g/mol. The third kappa shape index (κ3) is 6.75. The minimum absolute atomic E-state index is 0.0863. The molecule has 0 spiro atoms. The predicted octanol–water partition coefficient (Wildman–Crippen LogP) is 3.25. The van der Waals surface area contributed by atoms with Gasteiger partial charge >= 0.3 is 6.09 Å². The van der Waals surface area contributed by atoms with Crippen LogP contribution in [0.2, 0.25) is 5.02 Å². The number of carbonyl (C=O) groups is 4. The lowest BCUT2D eigenvalue weighted by molar-refractivity contribution is -0.129. The van der Waals surface area contributed by atoms with Gasteiger partial charge < -0.3 is 20.2 Å². The first-order chi connectivity index (χ1) is 16.9. The fraction of sp³-hybridized carbons (Fsp3) is 0.615. The van der Waals surface area contributed by atoms with Crippen LogP contribution in [0.1, 0.15) is 56.9 Å². The third-order valence-corrected chi connectivity index (χ3v) is 7.64. The van der Waals surface area contributed by atoms with Crippen LogP contribution >= 0.6 is 11.6 Å². The van der Waals surface area contributed by atoms with Crippen LogP contribution in [-0.4, -0.2) is 60.4 Å². The van der Waals surface area contributed by atoms with Crippen LogP contribution < -0.4 is 10.6 Å². The zero-order chi connectivity index (χ0) is 24.8. The van der Waals surface area contributed by atoms with Gasteiger partial charge in [0.05, 0.1) is 12.6 Å². The minimum atomic E-state index is -0.772. The first kappa shape index (κ1) is 25.5. The molecular weight excluding hydrogens is 470 g/mol. The van der Waals surface area contributed by atoms with Crippen LogP contribution in [-0.2, 0) is 25.5 Å². The van der Waals surface area contributed by atoms with E-state index in [2.05, 4.69) is 10.6 Å². The van der Waals surface area contributed by atoms with Gasteiger partial charge in [-0.3, -0.25) is 14.5 Å². The molecule has 9 heteroatoms. The van der Waals surface area contributed by atoms with Crippen molar-refractivity contribution < 1.29 is 23.9 Å². The summed E-state index contributed by atoms with van der Waals surface area (Å²) in [5.74, 6) is -0.390. The Morgan fingerprint density at radius 3 is 2.69 bits per heavy atom. The van der Waals surface area contributed by atoms with E-state index in [-0.39, 0.29) is 30.3 Å². The fourth-order valence-corrected chi connectivity index (χ4v) is 5.76. The van der Waals surface area contributed by atoms with Gasteiger partial charge in [0.25, 0.3) is 0 Å². The highest BCUT2D eigenvalue weighted by Crippen LogP contribution is 2.31. The normalized spacial score (nSPS) is 24.5. The van der Waals surface area contributed by atoms with Crippen molar-refractivity contribution in [3.63, 3.8) is 0 Å². The molecule has 0 bridgehead atoms. The van der Waals surface area contributed by atoms with Crippen molar-refractivity contribution in [2.45, 2.75) is 76.0 Å². The Morgan fingerprint density at radius 1 is 1.20 bits per heavy atom. The van der Waals surface area contributed by atoms with Crippen molar-refractivity contribution in [3.8, 4) is 0 Å². The second-order valence-electron chi connectivity index (χ2n) is 10.0. The van der Waals surface area contributed by atoms with Gasteiger partial charge in [-0.15, -0.1) is 0 Å². The van der Waals surface area contributed by atoms with Crippen molar-refractivity contribution in [1.29, 1.82) is 0 Å². The minimum Gasteiger partial charge on any atom is -0.444 e. The van der Waals surface area contributed by atoms with E-state index in [0.717, 1.165) is 31.2 Å². The van der Waals surface area contributed by atoms with Crippen LogP contribution in [0.15, 0.2) is 24.3 Å². The summed E-state index contributed by atoms with van der Waals surface area (Å²) in [6, 6.07) is 5.94. The molecule has 1 aromatic carbocycles. The average Bonchev–Trinajstić information content (AvgIpc) is 3.41. The van der Waals surface area contributed by atoms with Crippen molar-refractivity contribution >= 4 is 35.8 Å².